The average Bonchev–Trinajstić information content (AvgIpc) is 2.71. The first-order valence-corrected chi connectivity index (χ1v) is 7.42. The number of sulfonamides is 1. The number of aryl methyl sites for hydroxylation is 1. The molecule has 0 aliphatic rings. The molecule has 18 heavy (non-hydrogen) atoms. The molecule has 8 heteroatoms. The van der Waals surface area contributed by atoms with E-state index in [1.165, 1.54) is 0 Å². The minimum Gasteiger partial charge on any atom is -0.379 e. The molecule has 0 radical (unpaired) electrons. The molecular formula is C10H20N4O3S. The molecule has 0 atom stereocenters. The Morgan fingerprint density at radius 1 is 1.50 bits per heavy atom. The van der Waals surface area contributed by atoms with Crippen LogP contribution in [0.2, 0.25) is 0 Å². The molecule has 0 bridgehead atoms. The summed E-state index contributed by atoms with van der Waals surface area (Å²) >= 11 is 0. The van der Waals surface area contributed by atoms with Gasteiger partial charge in [0.25, 0.3) is 0 Å². The van der Waals surface area contributed by atoms with E-state index in [9.17, 15) is 8.42 Å². The molecule has 1 heterocycles. The maximum absolute atomic E-state index is 11.6. The van der Waals surface area contributed by atoms with Gasteiger partial charge in [0.1, 0.15) is 5.82 Å². The number of nitrogens with one attached hydrogen (secondary N) is 1. The Kier molecular flexibility index (Phi) is 6.27. The van der Waals surface area contributed by atoms with Gasteiger partial charge >= 0.3 is 0 Å². The van der Waals surface area contributed by atoms with Gasteiger partial charge in [-0.2, -0.15) is 0 Å². The van der Waals surface area contributed by atoms with Crippen molar-refractivity contribution in [1.29, 1.82) is 0 Å². The zero-order chi connectivity index (χ0) is 13.4. The molecule has 0 fully saturated rings. The molecule has 0 aliphatic heterocycles. The number of nitrogens with zero attached hydrogens (tertiary/aromatic N) is 2. The Morgan fingerprint density at radius 2 is 2.28 bits per heavy atom. The normalized spacial score (nSPS) is 11.9. The number of rotatable bonds is 9. The number of ether oxygens (including phenoxy) is 1. The third-order valence-electron chi connectivity index (χ3n) is 2.35. The molecule has 0 saturated carbocycles. The van der Waals surface area contributed by atoms with E-state index in [1.807, 2.05) is 17.8 Å². The van der Waals surface area contributed by atoms with Crippen LogP contribution in [0.3, 0.4) is 0 Å². The molecule has 0 aliphatic carbocycles. The van der Waals surface area contributed by atoms with Crippen molar-refractivity contribution in [2.45, 2.75) is 6.42 Å². The topological polar surface area (TPSA) is 99.2 Å². The van der Waals surface area contributed by atoms with Crippen molar-refractivity contribution in [3.8, 4) is 0 Å². The molecule has 1 aromatic rings. The van der Waals surface area contributed by atoms with Crippen molar-refractivity contribution in [1.82, 2.24) is 14.3 Å². The highest BCUT2D eigenvalue weighted by Crippen LogP contribution is 1.95. The monoisotopic (exact) mass is 276 g/mol. The van der Waals surface area contributed by atoms with Crippen molar-refractivity contribution in [3.63, 3.8) is 0 Å². The highest BCUT2D eigenvalue weighted by atomic mass is 32.2. The molecule has 0 amide bonds. The molecule has 1 aromatic heterocycles. The van der Waals surface area contributed by atoms with Gasteiger partial charge in [0, 0.05) is 39.0 Å². The van der Waals surface area contributed by atoms with Crippen LogP contribution in [0.1, 0.15) is 5.82 Å². The number of imidazole rings is 1. The van der Waals surface area contributed by atoms with Gasteiger partial charge in [-0.1, -0.05) is 0 Å². The van der Waals surface area contributed by atoms with Gasteiger partial charge < -0.3 is 15.0 Å². The van der Waals surface area contributed by atoms with E-state index in [2.05, 4.69) is 9.71 Å². The summed E-state index contributed by atoms with van der Waals surface area (Å²) in [5, 5.41) is 0. The number of hydrogen-bond donors (Lipinski definition) is 2. The standard InChI is InChI=1S/C10H20N4O3S/c1-14-6-5-12-10(14)2-4-13-18(15,16)9-8-17-7-3-11/h5-6,13H,2-4,7-9,11H2,1H3. The lowest BCUT2D eigenvalue weighted by Gasteiger charge is -2.07. The summed E-state index contributed by atoms with van der Waals surface area (Å²) < 4.78 is 32.5. The Labute approximate surface area is 107 Å². The van der Waals surface area contributed by atoms with E-state index in [-0.39, 0.29) is 12.4 Å². The fraction of sp³-hybridized carbons (Fsp3) is 0.700. The second-order valence-corrected chi connectivity index (χ2v) is 5.75. The highest BCUT2D eigenvalue weighted by molar-refractivity contribution is 7.89. The van der Waals surface area contributed by atoms with Gasteiger partial charge in [-0.3, -0.25) is 0 Å². The van der Waals surface area contributed by atoms with Crippen LogP contribution in [0, 0.1) is 0 Å². The molecule has 7 nitrogen and oxygen atoms in total. The van der Waals surface area contributed by atoms with E-state index in [1.54, 1.807) is 6.20 Å². The lowest BCUT2D eigenvalue weighted by Crippen LogP contribution is -2.30. The first-order valence-electron chi connectivity index (χ1n) is 5.76. The fourth-order valence-corrected chi connectivity index (χ4v) is 2.28. The van der Waals surface area contributed by atoms with E-state index in [0.29, 0.717) is 26.1 Å². The van der Waals surface area contributed by atoms with E-state index in [4.69, 9.17) is 10.5 Å². The Morgan fingerprint density at radius 3 is 2.89 bits per heavy atom. The van der Waals surface area contributed by atoms with Crippen LogP contribution in [0.5, 0.6) is 0 Å². The van der Waals surface area contributed by atoms with Crippen LogP contribution >= 0.6 is 0 Å². The molecule has 104 valence electrons. The third-order valence-corrected chi connectivity index (χ3v) is 3.70. The SMILES string of the molecule is Cn1ccnc1CCNS(=O)(=O)CCOCCN. The summed E-state index contributed by atoms with van der Waals surface area (Å²) in [5.41, 5.74) is 5.23. The van der Waals surface area contributed by atoms with Gasteiger partial charge in [-0.25, -0.2) is 18.1 Å². The summed E-state index contributed by atoms with van der Waals surface area (Å²) in [7, 11) is -1.41. The van der Waals surface area contributed by atoms with Gasteiger partial charge in [-0.05, 0) is 0 Å². The molecule has 1 rings (SSSR count). The Hall–Kier alpha value is -0.960. The zero-order valence-electron chi connectivity index (χ0n) is 10.5. The quantitative estimate of drug-likeness (QED) is 0.555. The molecule has 3 N–H and O–H groups in total. The van der Waals surface area contributed by atoms with Crippen molar-refractivity contribution >= 4 is 10.0 Å². The second-order valence-electron chi connectivity index (χ2n) is 3.82. The number of aromatic nitrogens is 2. The summed E-state index contributed by atoms with van der Waals surface area (Å²) in [5.74, 6) is 0.796. The van der Waals surface area contributed by atoms with Crippen LogP contribution in [-0.2, 0) is 28.2 Å². The summed E-state index contributed by atoms with van der Waals surface area (Å²) in [4.78, 5) is 4.11. The van der Waals surface area contributed by atoms with Crippen LogP contribution in [-0.4, -0.2) is 50.0 Å². The minimum absolute atomic E-state index is 0.0481. The second kappa shape index (κ2) is 7.47. The summed E-state index contributed by atoms with van der Waals surface area (Å²) in [6.45, 7) is 1.27. The van der Waals surface area contributed by atoms with Gasteiger partial charge in [-0.15, -0.1) is 0 Å². The predicted molar refractivity (Wildman–Crippen MR) is 68.6 cm³/mol. The lowest BCUT2D eigenvalue weighted by atomic mass is 10.4. The number of hydrogen-bond acceptors (Lipinski definition) is 5. The van der Waals surface area contributed by atoms with Gasteiger partial charge in [0.2, 0.25) is 10.0 Å². The smallest absolute Gasteiger partial charge is 0.213 e. The molecule has 0 aromatic carbocycles. The average molecular weight is 276 g/mol. The predicted octanol–water partition coefficient (Wildman–Crippen LogP) is -1.14. The molecular weight excluding hydrogens is 256 g/mol. The van der Waals surface area contributed by atoms with Crippen LogP contribution in [0.15, 0.2) is 12.4 Å². The fourth-order valence-electron chi connectivity index (χ4n) is 1.38. The molecule has 0 spiro atoms. The maximum atomic E-state index is 11.6. The lowest BCUT2D eigenvalue weighted by molar-refractivity contribution is 0.156. The van der Waals surface area contributed by atoms with Crippen LogP contribution in [0.25, 0.3) is 0 Å². The van der Waals surface area contributed by atoms with Gasteiger partial charge in [0.05, 0.1) is 19.0 Å². The molecule has 0 saturated heterocycles. The summed E-state index contributed by atoms with van der Waals surface area (Å²) in [6.07, 6.45) is 4.07. The highest BCUT2D eigenvalue weighted by Gasteiger charge is 2.09. The number of nitrogens with two attached hydrogens (primary N) is 1. The zero-order valence-corrected chi connectivity index (χ0v) is 11.3. The Balaban J connectivity index is 2.23. The van der Waals surface area contributed by atoms with Crippen molar-refractivity contribution in [3.05, 3.63) is 18.2 Å². The first-order chi connectivity index (χ1) is 8.55. The Bertz CT molecular complexity index is 444. The molecule has 0 unspecified atom stereocenters. The van der Waals surface area contributed by atoms with E-state index >= 15 is 0 Å². The maximum Gasteiger partial charge on any atom is 0.213 e. The van der Waals surface area contributed by atoms with Crippen molar-refractivity contribution in [2.75, 3.05) is 32.1 Å². The largest absolute Gasteiger partial charge is 0.379 e. The van der Waals surface area contributed by atoms with Gasteiger partial charge in [0.15, 0.2) is 0 Å². The van der Waals surface area contributed by atoms with Crippen molar-refractivity contribution < 1.29 is 13.2 Å². The van der Waals surface area contributed by atoms with E-state index in [0.717, 1.165) is 5.82 Å². The first kappa shape index (κ1) is 15.1. The summed E-state index contributed by atoms with van der Waals surface area (Å²) in [6, 6.07) is 0. The van der Waals surface area contributed by atoms with Crippen molar-refractivity contribution in [2.24, 2.45) is 12.8 Å². The van der Waals surface area contributed by atoms with Crippen LogP contribution in [0.4, 0.5) is 0 Å². The minimum atomic E-state index is -3.28. The van der Waals surface area contributed by atoms with E-state index < -0.39 is 10.0 Å². The third kappa shape index (κ3) is 5.58. The van der Waals surface area contributed by atoms with Crippen LogP contribution < -0.4 is 10.5 Å².